The van der Waals surface area contributed by atoms with E-state index < -0.39 is 12.1 Å². The summed E-state index contributed by atoms with van der Waals surface area (Å²) in [5.41, 5.74) is 3.90. The fourth-order valence-electron chi connectivity index (χ4n) is 4.02. The standard InChI is InChI=1S/C24H25N3O4/c1-15-7-9-19(10-8-15)27-18(4)23(29)26(24(27)30)14-22(28)21-12-16(2)25(17(21)3)13-20-6-5-11-31-20/h5-12,18H,13-14H2,1-4H3. The predicted molar refractivity (Wildman–Crippen MR) is 116 cm³/mol. The van der Waals surface area contributed by atoms with Gasteiger partial charge in [0, 0.05) is 22.6 Å². The highest BCUT2D eigenvalue weighted by Crippen LogP contribution is 2.27. The molecule has 7 heteroatoms. The number of carbonyl (C=O) groups excluding carboxylic acids is 3. The minimum absolute atomic E-state index is 0.265. The Morgan fingerprint density at radius 1 is 1.06 bits per heavy atom. The van der Waals surface area contributed by atoms with Crippen molar-refractivity contribution >= 4 is 23.4 Å². The number of aromatic nitrogens is 1. The largest absolute Gasteiger partial charge is 0.467 e. The summed E-state index contributed by atoms with van der Waals surface area (Å²) in [7, 11) is 0. The van der Waals surface area contributed by atoms with E-state index in [1.54, 1.807) is 19.3 Å². The number of ketones is 1. The van der Waals surface area contributed by atoms with E-state index in [1.807, 2.05) is 61.7 Å². The van der Waals surface area contributed by atoms with E-state index in [9.17, 15) is 14.4 Å². The minimum atomic E-state index is -0.658. The van der Waals surface area contributed by atoms with Crippen molar-refractivity contribution in [1.29, 1.82) is 0 Å². The Bertz CT molecular complexity index is 1140. The first-order chi connectivity index (χ1) is 14.8. The summed E-state index contributed by atoms with van der Waals surface area (Å²) < 4.78 is 7.40. The van der Waals surface area contributed by atoms with Gasteiger partial charge >= 0.3 is 6.03 Å². The molecule has 3 aromatic rings. The molecule has 160 valence electrons. The van der Waals surface area contributed by atoms with Gasteiger partial charge in [-0.3, -0.25) is 19.4 Å². The molecule has 0 saturated carbocycles. The third kappa shape index (κ3) is 3.67. The molecule has 3 amide bonds. The quantitative estimate of drug-likeness (QED) is 0.445. The summed E-state index contributed by atoms with van der Waals surface area (Å²) in [5.74, 6) is 0.148. The van der Waals surface area contributed by atoms with Crippen molar-refractivity contribution in [2.45, 2.75) is 40.3 Å². The first-order valence-electron chi connectivity index (χ1n) is 10.2. The van der Waals surface area contributed by atoms with E-state index in [4.69, 9.17) is 4.42 Å². The molecule has 4 rings (SSSR count). The Morgan fingerprint density at radius 3 is 2.42 bits per heavy atom. The highest BCUT2D eigenvalue weighted by atomic mass is 16.3. The molecule has 0 aliphatic carbocycles. The number of benzene rings is 1. The Hall–Kier alpha value is -3.61. The lowest BCUT2D eigenvalue weighted by molar-refractivity contribution is -0.126. The van der Waals surface area contributed by atoms with E-state index in [-0.39, 0.29) is 18.2 Å². The number of carbonyl (C=O) groups is 3. The maximum absolute atomic E-state index is 13.1. The number of aryl methyl sites for hydroxylation is 2. The minimum Gasteiger partial charge on any atom is -0.467 e. The van der Waals surface area contributed by atoms with Crippen molar-refractivity contribution in [3.63, 3.8) is 0 Å². The van der Waals surface area contributed by atoms with Crippen molar-refractivity contribution in [2.24, 2.45) is 0 Å². The zero-order chi connectivity index (χ0) is 22.3. The first-order valence-corrected chi connectivity index (χ1v) is 10.2. The number of imide groups is 1. The molecule has 1 aromatic carbocycles. The number of furan rings is 1. The van der Waals surface area contributed by atoms with Crippen molar-refractivity contribution in [3.8, 4) is 0 Å². The second-order valence-electron chi connectivity index (χ2n) is 7.96. The molecule has 1 atom stereocenters. The third-order valence-corrected chi connectivity index (χ3v) is 5.83. The zero-order valence-electron chi connectivity index (χ0n) is 18.1. The van der Waals surface area contributed by atoms with Crippen LogP contribution in [-0.2, 0) is 11.3 Å². The van der Waals surface area contributed by atoms with E-state index in [2.05, 4.69) is 0 Å². The van der Waals surface area contributed by atoms with Crippen LogP contribution in [0.2, 0.25) is 0 Å². The molecule has 0 spiro atoms. The van der Waals surface area contributed by atoms with Gasteiger partial charge in [0.25, 0.3) is 5.91 Å². The number of amides is 3. The summed E-state index contributed by atoms with van der Waals surface area (Å²) in [6.07, 6.45) is 1.61. The molecule has 0 bridgehead atoms. The van der Waals surface area contributed by atoms with Crippen LogP contribution < -0.4 is 4.90 Å². The number of hydrogen-bond acceptors (Lipinski definition) is 4. The molecule has 0 radical (unpaired) electrons. The molecule has 2 aromatic heterocycles. The van der Waals surface area contributed by atoms with Gasteiger partial charge < -0.3 is 8.98 Å². The first kappa shape index (κ1) is 20.7. The van der Waals surface area contributed by atoms with Gasteiger partial charge in [-0.25, -0.2) is 4.79 Å². The lowest BCUT2D eigenvalue weighted by atomic mass is 10.1. The van der Waals surface area contributed by atoms with E-state index >= 15 is 0 Å². The normalized spacial score (nSPS) is 16.5. The summed E-state index contributed by atoms with van der Waals surface area (Å²) in [5, 5.41) is 0. The molecule has 1 unspecified atom stereocenters. The number of urea groups is 1. The van der Waals surface area contributed by atoms with Crippen LogP contribution in [-0.4, -0.2) is 39.8 Å². The topological polar surface area (TPSA) is 75.8 Å². The molecule has 1 aliphatic rings. The van der Waals surface area contributed by atoms with Gasteiger partial charge in [0.05, 0.1) is 19.4 Å². The average Bonchev–Trinajstić information content (AvgIpc) is 3.41. The summed E-state index contributed by atoms with van der Waals surface area (Å²) >= 11 is 0. The summed E-state index contributed by atoms with van der Waals surface area (Å²) in [6, 6.07) is 11.8. The van der Waals surface area contributed by atoms with Crippen LogP contribution in [0.4, 0.5) is 10.5 Å². The molecule has 1 saturated heterocycles. The highest BCUT2D eigenvalue weighted by Gasteiger charge is 2.44. The van der Waals surface area contributed by atoms with Gasteiger partial charge in [0.1, 0.15) is 11.8 Å². The lowest BCUT2D eigenvalue weighted by Crippen LogP contribution is -2.37. The number of nitrogens with zero attached hydrogens (tertiary/aromatic N) is 3. The van der Waals surface area contributed by atoms with Crippen molar-refractivity contribution in [2.75, 3.05) is 11.4 Å². The fraction of sp³-hybridized carbons (Fsp3) is 0.292. The number of hydrogen-bond donors (Lipinski definition) is 0. The van der Waals surface area contributed by atoms with Crippen LogP contribution in [0, 0.1) is 20.8 Å². The number of Topliss-reactive ketones (excluding diaryl/α,β-unsaturated/α-hetero) is 1. The van der Waals surface area contributed by atoms with Crippen molar-refractivity contribution in [1.82, 2.24) is 9.47 Å². The number of rotatable bonds is 6. The Kier molecular flexibility index (Phi) is 5.27. The second kappa shape index (κ2) is 7.91. The monoisotopic (exact) mass is 419 g/mol. The molecule has 1 aliphatic heterocycles. The van der Waals surface area contributed by atoms with Crippen LogP contribution in [0.15, 0.2) is 53.1 Å². The van der Waals surface area contributed by atoms with E-state index in [1.165, 1.54) is 4.90 Å². The van der Waals surface area contributed by atoms with Gasteiger partial charge in [0.2, 0.25) is 0 Å². The highest BCUT2D eigenvalue weighted by molar-refractivity contribution is 6.16. The van der Waals surface area contributed by atoms with Crippen molar-refractivity contribution in [3.05, 3.63) is 77.0 Å². The summed E-state index contributed by atoms with van der Waals surface area (Å²) in [4.78, 5) is 41.4. The van der Waals surface area contributed by atoms with Gasteiger partial charge in [-0.1, -0.05) is 17.7 Å². The van der Waals surface area contributed by atoms with Crippen molar-refractivity contribution < 1.29 is 18.8 Å². The van der Waals surface area contributed by atoms with Crippen LogP contribution in [0.1, 0.15) is 40.0 Å². The van der Waals surface area contributed by atoms with Gasteiger partial charge in [-0.15, -0.1) is 0 Å². The maximum Gasteiger partial charge on any atom is 0.332 e. The SMILES string of the molecule is Cc1ccc(N2C(=O)N(CC(=O)c3cc(C)n(Cc4ccco4)c3C)C(=O)C2C)cc1. The summed E-state index contributed by atoms with van der Waals surface area (Å²) in [6.45, 7) is 7.64. The predicted octanol–water partition coefficient (Wildman–Crippen LogP) is 4.09. The van der Waals surface area contributed by atoms with Gasteiger partial charge in [-0.2, -0.15) is 0 Å². The Labute approximate surface area is 180 Å². The van der Waals surface area contributed by atoms with Crippen LogP contribution in [0.5, 0.6) is 0 Å². The van der Waals surface area contributed by atoms with Crippen LogP contribution >= 0.6 is 0 Å². The fourth-order valence-corrected chi connectivity index (χ4v) is 4.02. The van der Waals surface area contributed by atoms with E-state index in [0.717, 1.165) is 27.6 Å². The van der Waals surface area contributed by atoms with Crippen LogP contribution in [0.25, 0.3) is 0 Å². The Morgan fingerprint density at radius 2 is 1.77 bits per heavy atom. The lowest BCUT2D eigenvalue weighted by Gasteiger charge is -2.19. The van der Waals surface area contributed by atoms with Crippen LogP contribution in [0.3, 0.4) is 0 Å². The third-order valence-electron chi connectivity index (χ3n) is 5.83. The Balaban J connectivity index is 1.55. The molecule has 7 nitrogen and oxygen atoms in total. The molecule has 0 N–H and O–H groups in total. The molecule has 31 heavy (non-hydrogen) atoms. The maximum atomic E-state index is 13.1. The molecule has 3 heterocycles. The number of anilines is 1. The molecular formula is C24H25N3O4. The second-order valence-corrected chi connectivity index (χ2v) is 7.96. The molecule has 1 fully saturated rings. The zero-order valence-corrected chi connectivity index (χ0v) is 18.1. The smallest absolute Gasteiger partial charge is 0.332 e. The van der Waals surface area contributed by atoms with E-state index in [0.29, 0.717) is 17.8 Å². The molecular weight excluding hydrogens is 394 g/mol. The average molecular weight is 419 g/mol. The van der Waals surface area contributed by atoms with Gasteiger partial charge in [0.15, 0.2) is 5.78 Å². The van der Waals surface area contributed by atoms with Gasteiger partial charge in [-0.05, 0) is 58.0 Å².